The Morgan fingerprint density at radius 3 is 2.62 bits per heavy atom. The lowest BCUT2D eigenvalue weighted by atomic mass is 10.1. The van der Waals surface area contributed by atoms with Crippen LogP contribution in [0, 0.1) is 6.92 Å². The van der Waals surface area contributed by atoms with E-state index in [1.165, 1.54) is 0 Å². The lowest BCUT2D eigenvalue weighted by Gasteiger charge is -2.06. The molecule has 0 atom stereocenters. The average Bonchev–Trinajstić information content (AvgIpc) is 3.39. The first-order chi connectivity index (χ1) is 15.4. The van der Waals surface area contributed by atoms with Crippen molar-refractivity contribution in [3.63, 3.8) is 0 Å². The van der Waals surface area contributed by atoms with Crippen molar-refractivity contribution in [3.8, 4) is 0 Å². The van der Waals surface area contributed by atoms with E-state index in [0.717, 1.165) is 21.0 Å². The molecule has 2 aromatic carbocycles. The first-order valence-electron chi connectivity index (χ1n) is 10.1. The van der Waals surface area contributed by atoms with Gasteiger partial charge >= 0.3 is 0 Å². The Kier molecular flexibility index (Phi) is 6.98. The minimum absolute atomic E-state index is 0.0382. The Labute approximate surface area is 195 Å². The monoisotopic (exact) mass is 486 g/mol. The molecule has 0 saturated carbocycles. The molecule has 1 N–H and O–H groups in total. The highest BCUT2D eigenvalue weighted by Gasteiger charge is 2.21. The molecule has 32 heavy (non-hydrogen) atoms. The summed E-state index contributed by atoms with van der Waals surface area (Å²) in [6.45, 7) is 2.19. The van der Waals surface area contributed by atoms with Gasteiger partial charge in [0, 0.05) is 34.3 Å². The molecule has 0 unspecified atom stereocenters. The molecule has 6 nitrogen and oxygen atoms in total. The van der Waals surface area contributed by atoms with Crippen molar-refractivity contribution in [3.05, 3.63) is 77.0 Å². The molecule has 4 aromatic rings. The Morgan fingerprint density at radius 2 is 1.88 bits per heavy atom. The molecule has 0 aliphatic heterocycles. The van der Waals surface area contributed by atoms with E-state index in [1.54, 1.807) is 53.4 Å². The molecule has 1 amide bonds. The number of furan rings is 1. The molecule has 0 fully saturated rings. The third-order valence-corrected chi connectivity index (χ3v) is 8.80. The van der Waals surface area contributed by atoms with Gasteiger partial charge < -0.3 is 9.73 Å². The lowest BCUT2D eigenvalue weighted by Crippen LogP contribution is -2.26. The minimum Gasteiger partial charge on any atom is -0.451 e. The molecule has 4 rings (SSSR count). The number of amides is 1. The smallest absolute Gasteiger partial charge is 0.287 e. The van der Waals surface area contributed by atoms with Crippen molar-refractivity contribution in [1.82, 2.24) is 10.3 Å². The molecule has 0 spiro atoms. The average molecular weight is 487 g/mol. The summed E-state index contributed by atoms with van der Waals surface area (Å²) in [4.78, 5) is 17.6. The van der Waals surface area contributed by atoms with E-state index in [-0.39, 0.29) is 24.0 Å². The van der Waals surface area contributed by atoms with Crippen LogP contribution < -0.4 is 5.32 Å². The Morgan fingerprint density at radius 1 is 1.12 bits per heavy atom. The molecular weight excluding hydrogens is 464 g/mol. The van der Waals surface area contributed by atoms with Crippen LogP contribution in [0.1, 0.15) is 28.2 Å². The van der Waals surface area contributed by atoms with E-state index in [4.69, 9.17) is 4.42 Å². The summed E-state index contributed by atoms with van der Waals surface area (Å²) in [6, 6.07) is 15.9. The predicted molar refractivity (Wildman–Crippen MR) is 128 cm³/mol. The van der Waals surface area contributed by atoms with Gasteiger partial charge in [-0.05, 0) is 31.5 Å². The maximum Gasteiger partial charge on any atom is 0.287 e. The molecule has 0 saturated heterocycles. The van der Waals surface area contributed by atoms with E-state index in [0.29, 0.717) is 22.7 Å². The zero-order chi connectivity index (χ0) is 22.6. The fraction of sp³-hybridized carbons (Fsp3) is 0.217. The van der Waals surface area contributed by atoms with Crippen LogP contribution in [0.5, 0.6) is 0 Å². The van der Waals surface area contributed by atoms with Crippen LogP contribution in [0.3, 0.4) is 0 Å². The van der Waals surface area contributed by atoms with E-state index >= 15 is 0 Å². The summed E-state index contributed by atoms with van der Waals surface area (Å²) in [5, 5.41) is 5.69. The van der Waals surface area contributed by atoms with Gasteiger partial charge in [0.05, 0.1) is 10.6 Å². The van der Waals surface area contributed by atoms with Gasteiger partial charge in [0.25, 0.3) is 5.91 Å². The number of thioether (sulfide) groups is 1. The third kappa shape index (κ3) is 5.23. The van der Waals surface area contributed by atoms with Gasteiger partial charge in [0.1, 0.15) is 9.92 Å². The molecule has 0 aliphatic rings. The molecular formula is C23H22N2O4S3. The number of sulfone groups is 1. The van der Waals surface area contributed by atoms with E-state index in [9.17, 15) is 13.2 Å². The predicted octanol–water partition coefficient (Wildman–Crippen LogP) is 5.08. The molecule has 2 aromatic heterocycles. The molecule has 0 aliphatic carbocycles. The molecule has 9 heteroatoms. The van der Waals surface area contributed by atoms with Crippen LogP contribution in [0.2, 0.25) is 0 Å². The number of carbonyl (C=O) groups is 1. The van der Waals surface area contributed by atoms with E-state index < -0.39 is 9.84 Å². The molecule has 2 heterocycles. The number of aryl methyl sites for hydroxylation is 1. The number of hydrogen-bond donors (Lipinski definition) is 1. The van der Waals surface area contributed by atoms with Crippen LogP contribution in [0.25, 0.3) is 11.0 Å². The SMILES string of the molecule is Cc1csc(SCc2c(C(=O)NCCCS(=O)(=O)c3ccccc3)oc3ccccc23)n1. The number of carbonyl (C=O) groups excluding carboxylic acids is 1. The number of rotatable bonds is 9. The van der Waals surface area contributed by atoms with Crippen molar-refractivity contribution in [2.45, 2.75) is 28.3 Å². The quantitative estimate of drug-likeness (QED) is 0.262. The number of hydrogen-bond acceptors (Lipinski definition) is 7. The largest absolute Gasteiger partial charge is 0.451 e. The molecule has 0 bridgehead atoms. The van der Waals surface area contributed by atoms with Gasteiger partial charge in [-0.1, -0.05) is 48.2 Å². The van der Waals surface area contributed by atoms with Crippen molar-refractivity contribution in [1.29, 1.82) is 0 Å². The highest BCUT2D eigenvalue weighted by Crippen LogP contribution is 2.33. The number of benzene rings is 2. The second-order valence-corrected chi connectivity index (χ2v) is 11.4. The Hall–Kier alpha value is -2.62. The topological polar surface area (TPSA) is 89.3 Å². The number of aromatic nitrogens is 1. The fourth-order valence-corrected chi connectivity index (χ4v) is 6.46. The number of thiazole rings is 1. The van der Waals surface area contributed by atoms with Crippen LogP contribution in [-0.4, -0.2) is 31.6 Å². The lowest BCUT2D eigenvalue weighted by molar-refractivity contribution is 0.0927. The number of para-hydroxylation sites is 1. The zero-order valence-corrected chi connectivity index (χ0v) is 19.9. The standard InChI is InChI=1S/C23H22N2O4S3/c1-16-14-30-23(25-16)31-15-19-18-10-5-6-11-20(18)29-21(19)22(26)24-12-7-13-32(27,28)17-8-3-2-4-9-17/h2-6,8-11,14H,7,12-13,15H2,1H3,(H,24,26). The van der Waals surface area contributed by atoms with Gasteiger partial charge in [-0.3, -0.25) is 4.79 Å². The van der Waals surface area contributed by atoms with Gasteiger partial charge in [0.15, 0.2) is 15.6 Å². The normalized spacial score (nSPS) is 11.7. The third-order valence-electron chi connectivity index (χ3n) is 4.82. The number of nitrogens with zero attached hydrogens (tertiary/aromatic N) is 1. The maximum absolute atomic E-state index is 12.9. The van der Waals surface area contributed by atoms with Crippen molar-refractivity contribution in [2.75, 3.05) is 12.3 Å². The second kappa shape index (κ2) is 9.89. The van der Waals surface area contributed by atoms with E-state index in [2.05, 4.69) is 10.3 Å². The van der Waals surface area contributed by atoms with Crippen LogP contribution in [0.4, 0.5) is 0 Å². The summed E-state index contributed by atoms with van der Waals surface area (Å²) < 4.78 is 31.6. The van der Waals surface area contributed by atoms with E-state index in [1.807, 2.05) is 36.6 Å². The second-order valence-electron chi connectivity index (χ2n) is 7.19. The fourth-order valence-electron chi connectivity index (χ4n) is 3.25. The number of nitrogens with one attached hydrogen (secondary N) is 1. The zero-order valence-electron chi connectivity index (χ0n) is 17.4. The first kappa shape index (κ1) is 22.6. The van der Waals surface area contributed by atoms with Crippen LogP contribution >= 0.6 is 23.1 Å². The van der Waals surface area contributed by atoms with Gasteiger partial charge in [-0.15, -0.1) is 11.3 Å². The van der Waals surface area contributed by atoms with Crippen molar-refractivity contribution < 1.29 is 17.6 Å². The van der Waals surface area contributed by atoms with Gasteiger partial charge in [0.2, 0.25) is 0 Å². The van der Waals surface area contributed by atoms with Crippen molar-refractivity contribution in [2.24, 2.45) is 0 Å². The van der Waals surface area contributed by atoms with Crippen LogP contribution in [-0.2, 0) is 15.6 Å². The summed E-state index contributed by atoms with van der Waals surface area (Å²) in [5.74, 6) is 0.431. The Balaban J connectivity index is 1.42. The molecule has 166 valence electrons. The summed E-state index contributed by atoms with van der Waals surface area (Å²) in [6.07, 6.45) is 0.311. The minimum atomic E-state index is -3.37. The maximum atomic E-state index is 12.9. The Bertz CT molecular complexity index is 1330. The summed E-state index contributed by atoms with van der Waals surface area (Å²) in [5.41, 5.74) is 2.43. The number of fused-ring (bicyclic) bond motifs is 1. The molecule has 0 radical (unpaired) electrons. The summed E-state index contributed by atoms with van der Waals surface area (Å²) >= 11 is 3.13. The highest BCUT2D eigenvalue weighted by molar-refractivity contribution is 8.00. The van der Waals surface area contributed by atoms with Crippen molar-refractivity contribution >= 4 is 49.8 Å². The first-order valence-corrected chi connectivity index (χ1v) is 13.6. The summed E-state index contributed by atoms with van der Waals surface area (Å²) in [7, 11) is -3.37. The van der Waals surface area contributed by atoms with Gasteiger partial charge in [-0.2, -0.15) is 0 Å². The highest BCUT2D eigenvalue weighted by atomic mass is 32.2. The van der Waals surface area contributed by atoms with Crippen LogP contribution in [0.15, 0.2) is 73.6 Å². The van der Waals surface area contributed by atoms with Gasteiger partial charge in [-0.25, -0.2) is 13.4 Å².